The SMILES string of the molecule is C=CCOC(=O)C(C)CC(Cc1ccccc1)NC(=O)c1csc(C(CC(C(C)C)N(C)C(=O)C[C@@H](C)CC)OC)n1. The summed E-state index contributed by atoms with van der Waals surface area (Å²) in [7, 11) is 3.50. The van der Waals surface area contributed by atoms with Gasteiger partial charge in [-0.15, -0.1) is 11.3 Å². The first-order valence-corrected chi connectivity index (χ1v) is 15.7. The highest BCUT2D eigenvalue weighted by Crippen LogP contribution is 2.30. The Bertz CT molecular complexity index is 1140. The number of carbonyl (C=O) groups is 3. The van der Waals surface area contributed by atoms with Gasteiger partial charge < -0.3 is 19.7 Å². The standard InChI is InChI=1S/C33H49N3O5S/c1-9-16-41-33(39)24(6)18-26(19-25-14-12-11-13-15-25)34-31(38)27-21-42-32(35-27)29(40-8)20-28(22(3)4)36(7)30(37)17-23(5)10-2/h9,11-15,21-24,26,28-29H,1,10,16-20H2,2-8H3,(H,34,38)/t23-,24?,26?,28?,29?/m0/s1. The van der Waals surface area contributed by atoms with E-state index in [0.29, 0.717) is 42.3 Å². The minimum atomic E-state index is -0.407. The van der Waals surface area contributed by atoms with Gasteiger partial charge in [0.15, 0.2) is 0 Å². The number of methoxy groups -OCH3 is 1. The highest BCUT2D eigenvalue weighted by atomic mass is 32.1. The van der Waals surface area contributed by atoms with Crippen LogP contribution in [-0.2, 0) is 25.5 Å². The molecule has 1 aromatic heterocycles. The van der Waals surface area contributed by atoms with E-state index in [1.54, 1.807) is 19.4 Å². The van der Waals surface area contributed by atoms with E-state index in [1.165, 1.54) is 17.4 Å². The highest BCUT2D eigenvalue weighted by molar-refractivity contribution is 7.09. The highest BCUT2D eigenvalue weighted by Gasteiger charge is 2.30. The Labute approximate surface area is 255 Å². The Hall–Kier alpha value is -3.04. The average molecular weight is 600 g/mol. The maximum atomic E-state index is 13.4. The lowest BCUT2D eigenvalue weighted by atomic mass is 9.95. The summed E-state index contributed by atoms with van der Waals surface area (Å²) in [6, 6.07) is 9.51. The Kier molecular flexibility index (Phi) is 14.9. The van der Waals surface area contributed by atoms with Crippen molar-refractivity contribution in [2.45, 2.75) is 84.9 Å². The van der Waals surface area contributed by atoms with Crippen LogP contribution in [-0.4, -0.2) is 60.5 Å². The van der Waals surface area contributed by atoms with Gasteiger partial charge in [0.1, 0.15) is 23.4 Å². The van der Waals surface area contributed by atoms with Gasteiger partial charge in [-0.05, 0) is 30.2 Å². The topological polar surface area (TPSA) is 97.8 Å². The van der Waals surface area contributed by atoms with Gasteiger partial charge in [-0.1, -0.05) is 84.0 Å². The molecule has 9 heteroatoms. The van der Waals surface area contributed by atoms with Gasteiger partial charge in [-0.3, -0.25) is 14.4 Å². The Balaban J connectivity index is 2.16. The predicted octanol–water partition coefficient (Wildman–Crippen LogP) is 6.24. The number of thiazole rings is 1. The van der Waals surface area contributed by atoms with Crippen molar-refractivity contribution in [1.82, 2.24) is 15.2 Å². The quantitative estimate of drug-likeness (QED) is 0.161. The van der Waals surface area contributed by atoms with E-state index >= 15 is 0 Å². The minimum Gasteiger partial charge on any atom is -0.461 e. The second-order valence-corrected chi connectivity index (χ2v) is 12.4. The van der Waals surface area contributed by atoms with Gasteiger partial charge in [0.05, 0.1) is 5.92 Å². The van der Waals surface area contributed by atoms with Crippen LogP contribution in [0, 0.1) is 17.8 Å². The number of benzene rings is 1. The summed E-state index contributed by atoms with van der Waals surface area (Å²) >= 11 is 1.37. The smallest absolute Gasteiger partial charge is 0.309 e. The van der Waals surface area contributed by atoms with Crippen molar-refractivity contribution in [1.29, 1.82) is 0 Å². The summed E-state index contributed by atoms with van der Waals surface area (Å²) in [6.45, 7) is 13.9. The number of aromatic nitrogens is 1. The molecule has 1 N–H and O–H groups in total. The Morgan fingerprint density at radius 2 is 1.81 bits per heavy atom. The summed E-state index contributed by atoms with van der Waals surface area (Å²) in [5.74, 6) is -0.359. The summed E-state index contributed by atoms with van der Waals surface area (Å²) < 4.78 is 11.1. The van der Waals surface area contributed by atoms with Crippen molar-refractivity contribution in [3.05, 3.63) is 64.6 Å². The lowest BCUT2D eigenvalue weighted by molar-refractivity contribution is -0.147. The number of amides is 2. The third-order valence-electron chi connectivity index (χ3n) is 7.69. The third-order valence-corrected chi connectivity index (χ3v) is 8.63. The van der Waals surface area contributed by atoms with E-state index in [2.05, 4.69) is 44.6 Å². The molecule has 2 amide bonds. The molecule has 42 heavy (non-hydrogen) atoms. The van der Waals surface area contributed by atoms with Crippen LogP contribution in [0.4, 0.5) is 0 Å². The number of hydrogen-bond acceptors (Lipinski definition) is 7. The molecular formula is C33H49N3O5S. The van der Waals surface area contributed by atoms with Crippen molar-refractivity contribution >= 4 is 29.1 Å². The maximum absolute atomic E-state index is 13.4. The van der Waals surface area contributed by atoms with Gasteiger partial charge in [-0.25, -0.2) is 4.98 Å². The Morgan fingerprint density at radius 3 is 2.40 bits per heavy atom. The second kappa shape index (κ2) is 17.8. The summed E-state index contributed by atoms with van der Waals surface area (Å²) in [5.41, 5.74) is 1.36. The van der Waals surface area contributed by atoms with Crippen LogP contribution in [0.3, 0.4) is 0 Å². The molecule has 1 heterocycles. The van der Waals surface area contributed by atoms with Crippen molar-refractivity contribution in [3.8, 4) is 0 Å². The Morgan fingerprint density at radius 1 is 1.12 bits per heavy atom. The van der Waals surface area contributed by atoms with E-state index in [9.17, 15) is 14.4 Å². The molecule has 0 aliphatic carbocycles. The van der Waals surface area contributed by atoms with Crippen LogP contribution in [0.2, 0.25) is 0 Å². The molecule has 1 aromatic carbocycles. The molecule has 0 spiro atoms. The largest absolute Gasteiger partial charge is 0.461 e. The van der Waals surface area contributed by atoms with E-state index in [4.69, 9.17) is 9.47 Å². The molecule has 0 aliphatic heterocycles. The number of esters is 1. The van der Waals surface area contributed by atoms with Crippen LogP contribution in [0.1, 0.15) is 87.5 Å². The molecule has 0 saturated carbocycles. The number of nitrogens with zero attached hydrogens (tertiary/aromatic N) is 2. The molecule has 0 aliphatic rings. The van der Waals surface area contributed by atoms with Crippen molar-refractivity contribution < 1.29 is 23.9 Å². The molecule has 232 valence electrons. The summed E-state index contributed by atoms with van der Waals surface area (Å²) in [6.07, 6.45) is 4.21. The monoisotopic (exact) mass is 599 g/mol. The first-order chi connectivity index (χ1) is 20.0. The fourth-order valence-electron chi connectivity index (χ4n) is 4.86. The van der Waals surface area contributed by atoms with Gasteiger partial charge in [0.25, 0.3) is 5.91 Å². The number of nitrogens with one attached hydrogen (secondary N) is 1. The molecule has 8 nitrogen and oxygen atoms in total. The number of hydrogen-bond donors (Lipinski definition) is 1. The first kappa shape index (κ1) is 35.2. The molecular weight excluding hydrogens is 550 g/mol. The second-order valence-electron chi connectivity index (χ2n) is 11.5. The van der Waals surface area contributed by atoms with Crippen LogP contribution in [0.5, 0.6) is 0 Å². The molecule has 2 aromatic rings. The molecule has 5 atom stereocenters. The van der Waals surface area contributed by atoms with Crippen molar-refractivity contribution in [3.63, 3.8) is 0 Å². The lowest BCUT2D eigenvalue weighted by Crippen LogP contribution is -2.42. The molecule has 0 saturated heterocycles. The van der Waals surface area contributed by atoms with Crippen LogP contribution in [0.15, 0.2) is 48.4 Å². The van der Waals surface area contributed by atoms with Crippen LogP contribution >= 0.6 is 11.3 Å². The number of ether oxygens (including phenoxy) is 2. The van der Waals surface area contributed by atoms with Gasteiger partial charge in [0, 0.05) is 44.5 Å². The number of carbonyl (C=O) groups excluding carboxylic acids is 3. The zero-order valence-electron chi connectivity index (χ0n) is 26.3. The van der Waals surface area contributed by atoms with Gasteiger partial charge >= 0.3 is 5.97 Å². The van der Waals surface area contributed by atoms with E-state index in [-0.39, 0.29) is 48.5 Å². The molecule has 0 fully saturated rings. The van der Waals surface area contributed by atoms with Crippen molar-refractivity contribution in [2.24, 2.45) is 17.8 Å². The van der Waals surface area contributed by atoms with Gasteiger partial charge in [-0.2, -0.15) is 0 Å². The van der Waals surface area contributed by atoms with Crippen LogP contribution < -0.4 is 5.32 Å². The normalized spacial score (nSPS) is 14.9. The van der Waals surface area contributed by atoms with Gasteiger partial charge in [0.2, 0.25) is 5.91 Å². The van der Waals surface area contributed by atoms with Crippen molar-refractivity contribution in [2.75, 3.05) is 20.8 Å². The zero-order chi connectivity index (χ0) is 31.2. The minimum absolute atomic E-state index is 0.0368. The lowest BCUT2D eigenvalue weighted by Gasteiger charge is -2.34. The molecule has 0 bridgehead atoms. The molecule has 4 unspecified atom stereocenters. The number of rotatable bonds is 18. The van der Waals surface area contributed by atoms with Crippen LogP contribution in [0.25, 0.3) is 0 Å². The summed E-state index contributed by atoms with van der Waals surface area (Å²) in [5, 5.41) is 5.52. The van der Waals surface area contributed by atoms with E-state index in [0.717, 1.165) is 12.0 Å². The predicted molar refractivity (Wildman–Crippen MR) is 168 cm³/mol. The zero-order valence-corrected chi connectivity index (χ0v) is 27.1. The summed E-state index contributed by atoms with van der Waals surface area (Å²) in [4.78, 5) is 45.2. The maximum Gasteiger partial charge on any atom is 0.309 e. The fourth-order valence-corrected chi connectivity index (χ4v) is 5.75. The average Bonchev–Trinajstić information content (AvgIpc) is 3.46. The fraction of sp³-hybridized carbons (Fsp3) is 0.576. The van der Waals surface area contributed by atoms with E-state index in [1.807, 2.05) is 42.3 Å². The first-order valence-electron chi connectivity index (χ1n) is 14.9. The molecule has 2 rings (SSSR count). The van der Waals surface area contributed by atoms with E-state index < -0.39 is 5.92 Å². The third kappa shape index (κ3) is 11.0. The molecule has 0 radical (unpaired) electrons.